The van der Waals surface area contributed by atoms with Gasteiger partial charge in [0.15, 0.2) is 0 Å². The van der Waals surface area contributed by atoms with E-state index >= 15 is 0 Å². The number of nitrogens with one attached hydrogen (secondary N) is 1. The van der Waals surface area contributed by atoms with Crippen LogP contribution < -0.4 is 5.32 Å². The summed E-state index contributed by atoms with van der Waals surface area (Å²) in [5.74, 6) is -1.30. The number of allylic oxidation sites excluding steroid dienone is 2. The van der Waals surface area contributed by atoms with Crippen LogP contribution in [0.25, 0.3) is 0 Å². The van der Waals surface area contributed by atoms with E-state index in [-0.39, 0.29) is 55.5 Å². The number of hydrogen-bond donors (Lipinski definition) is 4. The Morgan fingerprint density at radius 2 is 1.90 bits per heavy atom. The lowest BCUT2D eigenvalue weighted by Gasteiger charge is -2.34. The average Bonchev–Trinajstić information content (AvgIpc) is 3.83. The number of methoxy groups -OCH3 is 1. The lowest BCUT2D eigenvalue weighted by Crippen LogP contribution is -2.54. The van der Waals surface area contributed by atoms with Gasteiger partial charge in [0.05, 0.1) is 36.4 Å². The van der Waals surface area contributed by atoms with Crippen molar-refractivity contribution < 1.29 is 43.9 Å². The van der Waals surface area contributed by atoms with E-state index in [4.69, 9.17) is 18.9 Å². The number of epoxide rings is 1. The van der Waals surface area contributed by atoms with E-state index in [1.165, 1.54) is 6.92 Å². The second-order valence-corrected chi connectivity index (χ2v) is 15.1. The number of aliphatic hydroxyl groups is 3. The van der Waals surface area contributed by atoms with E-state index < -0.39 is 41.5 Å². The van der Waals surface area contributed by atoms with Gasteiger partial charge in [-0.25, -0.2) is 0 Å². The number of likely N-dealkylation sites (N-methyl/N-ethyl adjacent to an activating group) is 1. The molecule has 0 bridgehead atoms. The highest BCUT2D eigenvalue weighted by Crippen LogP contribution is 2.39. The van der Waals surface area contributed by atoms with Crippen LogP contribution in [0.4, 0.5) is 0 Å². The highest BCUT2D eigenvalue weighted by atomic mass is 16.6. The van der Waals surface area contributed by atoms with E-state index in [0.29, 0.717) is 12.1 Å². The van der Waals surface area contributed by atoms with Gasteiger partial charge in [-0.2, -0.15) is 0 Å². The van der Waals surface area contributed by atoms with Gasteiger partial charge in [-0.15, -0.1) is 0 Å². The molecule has 11 atom stereocenters. The average molecular weight is 708 g/mol. The van der Waals surface area contributed by atoms with Gasteiger partial charge in [0.1, 0.15) is 23.9 Å². The number of carbonyl (C=O) groups excluding carboxylic acids is 2. The SMILES string of the molecule is CC[C@H](OC)[C@@H](C)[C@H]1O[C@@H]1C(NCCN1CCN(C)CC1)C(C)(O)/C=C/C=C(\C)[C@@H]1OC(=O)C[C@H](O)CC[C@@](C)(O)[C@@H](OC(C)=O)/C=C/[C@@H]1C. The quantitative estimate of drug-likeness (QED) is 0.0909. The van der Waals surface area contributed by atoms with Crippen molar-refractivity contribution in [3.63, 3.8) is 0 Å². The lowest BCUT2D eigenvalue weighted by molar-refractivity contribution is -0.157. The summed E-state index contributed by atoms with van der Waals surface area (Å²) in [6, 6.07) is -0.379. The predicted molar refractivity (Wildman–Crippen MR) is 192 cm³/mol. The highest BCUT2D eigenvalue weighted by Gasteiger charge is 2.54. The van der Waals surface area contributed by atoms with Crippen molar-refractivity contribution in [1.29, 1.82) is 0 Å². The molecule has 0 amide bonds. The molecule has 2 unspecified atom stereocenters. The van der Waals surface area contributed by atoms with Gasteiger partial charge < -0.3 is 44.5 Å². The second kappa shape index (κ2) is 19.1. The van der Waals surface area contributed by atoms with Gasteiger partial charge in [-0.05, 0) is 58.7 Å². The van der Waals surface area contributed by atoms with E-state index in [2.05, 4.69) is 36.0 Å². The molecule has 3 aliphatic rings. The molecule has 2 saturated heterocycles. The van der Waals surface area contributed by atoms with Gasteiger partial charge >= 0.3 is 11.9 Å². The van der Waals surface area contributed by atoms with E-state index in [1.807, 2.05) is 19.9 Å². The Morgan fingerprint density at radius 3 is 2.52 bits per heavy atom. The number of nitrogens with zero attached hydrogens (tertiary/aromatic N) is 2. The number of rotatable bonds is 14. The molecule has 50 heavy (non-hydrogen) atoms. The summed E-state index contributed by atoms with van der Waals surface area (Å²) in [5, 5.41) is 37.2. The number of hydrogen-bond acceptors (Lipinski definition) is 12. The first-order chi connectivity index (χ1) is 23.5. The maximum absolute atomic E-state index is 12.9. The number of ether oxygens (including phenoxy) is 4. The monoisotopic (exact) mass is 707 g/mol. The minimum Gasteiger partial charge on any atom is -0.457 e. The van der Waals surface area contributed by atoms with Crippen LogP contribution in [-0.2, 0) is 28.5 Å². The molecule has 3 heterocycles. The van der Waals surface area contributed by atoms with Crippen LogP contribution in [0.2, 0.25) is 0 Å². The van der Waals surface area contributed by atoms with Crippen LogP contribution >= 0.6 is 0 Å². The Labute approximate surface area is 299 Å². The number of piperazine rings is 1. The van der Waals surface area contributed by atoms with Crippen LogP contribution in [0, 0.1) is 11.8 Å². The first-order valence-electron chi connectivity index (χ1n) is 18.3. The van der Waals surface area contributed by atoms with E-state index in [1.54, 1.807) is 45.3 Å². The van der Waals surface area contributed by atoms with Crippen LogP contribution in [0.15, 0.2) is 36.0 Å². The van der Waals surface area contributed by atoms with Crippen molar-refractivity contribution in [3.05, 3.63) is 36.0 Å². The third kappa shape index (κ3) is 12.5. The number of cyclic esters (lactones) is 1. The molecule has 0 aliphatic carbocycles. The van der Waals surface area contributed by atoms with Crippen LogP contribution in [0.5, 0.6) is 0 Å². The third-order valence-corrected chi connectivity index (χ3v) is 10.6. The molecule has 3 rings (SSSR count). The van der Waals surface area contributed by atoms with Crippen LogP contribution in [0.3, 0.4) is 0 Å². The predicted octanol–water partition coefficient (Wildman–Crippen LogP) is 2.61. The zero-order chi connectivity index (χ0) is 37.2. The van der Waals surface area contributed by atoms with Gasteiger partial charge in [0.2, 0.25) is 0 Å². The lowest BCUT2D eigenvalue weighted by atomic mass is 9.87. The molecular weight excluding hydrogens is 642 g/mol. The molecule has 0 radical (unpaired) electrons. The molecule has 0 aromatic rings. The molecule has 4 N–H and O–H groups in total. The van der Waals surface area contributed by atoms with Crippen molar-refractivity contribution in [1.82, 2.24) is 15.1 Å². The van der Waals surface area contributed by atoms with E-state index in [0.717, 1.165) is 39.1 Å². The fourth-order valence-electron chi connectivity index (χ4n) is 7.12. The van der Waals surface area contributed by atoms with Crippen molar-refractivity contribution >= 4 is 11.9 Å². The number of aliphatic hydroxyl groups excluding tert-OH is 1. The Balaban J connectivity index is 1.81. The molecule has 0 spiro atoms. The van der Waals surface area contributed by atoms with Gasteiger partial charge in [-0.1, -0.05) is 45.1 Å². The number of carbonyl (C=O) groups is 2. The van der Waals surface area contributed by atoms with Crippen LogP contribution in [-0.4, -0.2) is 144 Å². The van der Waals surface area contributed by atoms with Crippen molar-refractivity contribution in [3.8, 4) is 0 Å². The fourth-order valence-corrected chi connectivity index (χ4v) is 7.12. The molecule has 12 heteroatoms. The Morgan fingerprint density at radius 1 is 1.22 bits per heavy atom. The smallest absolute Gasteiger partial charge is 0.309 e. The normalized spacial score (nSPS) is 34.5. The largest absolute Gasteiger partial charge is 0.457 e. The molecule has 2 fully saturated rings. The summed E-state index contributed by atoms with van der Waals surface area (Å²) in [4.78, 5) is 29.5. The second-order valence-electron chi connectivity index (χ2n) is 15.1. The molecule has 12 nitrogen and oxygen atoms in total. The molecule has 286 valence electrons. The van der Waals surface area contributed by atoms with Crippen molar-refractivity contribution in [2.75, 3.05) is 53.4 Å². The van der Waals surface area contributed by atoms with Gasteiger partial charge in [0.25, 0.3) is 0 Å². The zero-order valence-corrected chi connectivity index (χ0v) is 31.8. The molecular formula is C38H65N3O9. The topological polar surface area (TPSA) is 154 Å². The third-order valence-electron chi connectivity index (χ3n) is 10.6. The first kappa shape index (κ1) is 42.3. The maximum Gasteiger partial charge on any atom is 0.309 e. The Hall–Kier alpha value is -2.16. The summed E-state index contributed by atoms with van der Waals surface area (Å²) in [6.07, 6.45) is 6.73. The standard InChI is InChI=1S/C38H65N3O9/c1-10-30(47-9)27(4)34-35(50-34)36(39-18-19-41-22-20-40(8)21-23-41)38(7,46)16-11-12-25(2)33-26(3)13-14-31(48-28(5)42)37(6,45)17-15-29(43)24-32(44)49-33/h11-14,16,26-27,29-31,33-36,39,43,45-46H,10,15,17-24H2,1-9H3/b14-13+,16-11+,25-12+/t26-,27+,29+,30-,31-,33-,34+,35-,36?,37+,38?/m0/s1. The maximum atomic E-state index is 12.9. The van der Waals surface area contributed by atoms with Crippen LogP contribution in [0.1, 0.15) is 74.1 Å². The summed E-state index contributed by atoms with van der Waals surface area (Å²) in [6.45, 7) is 18.2. The first-order valence-corrected chi connectivity index (χ1v) is 18.3. The zero-order valence-electron chi connectivity index (χ0n) is 31.8. The Kier molecular flexibility index (Phi) is 16.1. The summed E-state index contributed by atoms with van der Waals surface area (Å²) in [7, 11) is 3.86. The summed E-state index contributed by atoms with van der Waals surface area (Å²) < 4.78 is 23.2. The van der Waals surface area contributed by atoms with E-state index in [9.17, 15) is 24.9 Å². The Bertz CT molecular complexity index is 1180. The minimum atomic E-state index is -1.45. The summed E-state index contributed by atoms with van der Waals surface area (Å²) >= 11 is 0. The molecule has 0 aromatic carbocycles. The molecule has 0 aromatic heterocycles. The molecule has 0 saturated carbocycles. The van der Waals surface area contributed by atoms with Gasteiger partial charge in [0, 0.05) is 65.1 Å². The number of esters is 2. The fraction of sp³-hybridized carbons (Fsp3) is 0.789. The summed E-state index contributed by atoms with van der Waals surface area (Å²) in [5.41, 5.74) is -2.02. The van der Waals surface area contributed by atoms with Crippen molar-refractivity contribution in [2.24, 2.45) is 11.8 Å². The van der Waals surface area contributed by atoms with Crippen molar-refractivity contribution in [2.45, 2.75) is 128 Å². The highest BCUT2D eigenvalue weighted by molar-refractivity contribution is 5.70. The van der Waals surface area contributed by atoms with Gasteiger partial charge in [-0.3, -0.25) is 14.5 Å². The molecule has 3 aliphatic heterocycles. The minimum absolute atomic E-state index is 0.0478.